The minimum atomic E-state index is -4.74. The SMILES string of the molecule is Cc1cccc(C)c1Cc1csc(N2CCN(S(=O)(=O)c3ccccc3C(F)(F)F)CC2)n1. The minimum Gasteiger partial charge on any atom is -0.345 e. The summed E-state index contributed by atoms with van der Waals surface area (Å²) in [5, 5.41) is 2.80. The number of aromatic nitrogens is 1. The van der Waals surface area contributed by atoms with Crippen molar-refractivity contribution in [2.45, 2.75) is 31.3 Å². The topological polar surface area (TPSA) is 53.5 Å². The van der Waals surface area contributed by atoms with Crippen molar-refractivity contribution in [1.82, 2.24) is 9.29 Å². The second-order valence-corrected chi connectivity index (χ2v) is 10.8. The third-order valence-corrected chi connectivity index (χ3v) is 8.77. The smallest absolute Gasteiger partial charge is 0.345 e. The molecule has 3 aromatic rings. The Morgan fingerprint density at radius 3 is 2.24 bits per heavy atom. The van der Waals surface area contributed by atoms with Crippen molar-refractivity contribution in [3.63, 3.8) is 0 Å². The lowest BCUT2D eigenvalue weighted by molar-refractivity contribution is -0.139. The summed E-state index contributed by atoms with van der Waals surface area (Å²) < 4.78 is 67.1. The molecule has 0 aliphatic carbocycles. The van der Waals surface area contributed by atoms with Gasteiger partial charge in [-0.15, -0.1) is 11.3 Å². The van der Waals surface area contributed by atoms with Crippen molar-refractivity contribution >= 4 is 26.5 Å². The highest BCUT2D eigenvalue weighted by Gasteiger charge is 2.39. The first-order valence-electron chi connectivity index (χ1n) is 10.5. The Morgan fingerprint density at radius 1 is 0.970 bits per heavy atom. The molecule has 0 spiro atoms. The molecule has 0 N–H and O–H groups in total. The number of aryl methyl sites for hydroxylation is 2. The molecule has 2 heterocycles. The number of halogens is 3. The second-order valence-electron chi connectivity index (χ2n) is 8.05. The maximum absolute atomic E-state index is 13.3. The van der Waals surface area contributed by atoms with Crippen LogP contribution in [-0.4, -0.2) is 43.9 Å². The predicted octanol–water partition coefficient (Wildman–Crippen LogP) is 4.88. The van der Waals surface area contributed by atoms with Gasteiger partial charge in [-0.1, -0.05) is 30.3 Å². The first kappa shape index (κ1) is 23.7. The van der Waals surface area contributed by atoms with E-state index >= 15 is 0 Å². The molecule has 0 atom stereocenters. The lowest BCUT2D eigenvalue weighted by Crippen LogP contribution is -2.49. The molecule has 0 saturated carbocycles. The summed E-state index contributed by atoms with van der Waals surface area (Å²) in [6.07, 6.45) is -4.02. The van der Waals surface area contributed by atoms with E-state index in [1.165, 1.54) is 40.2 Å². The van der Waals surface area contributed by atoms with Gasteiger partial charge in [0.1, 0.15) is 0 Å². The Labute approximate surface area is 195 Å². The summed E-state index contributed by atoms with van der Waals surface area (Å²) in [4.78, 5) is 6.02. The Morgan fingerprint density at radius 2 is 1.61 bits per heavy atom. The summed E-state index contributed by atoms with van der Waals surface area (Å²) in [7, 11) is -4.26. The molecule has 0 unspecified atom stereocenters. The van der Waals surface area contributed by atoms with Crippen LogP contribution in [0.5, 0.6) is 0 Å². The molecule has 5 nitrogen and oxygen atoms in total. The Balaban J connectivity index is 1.46. The van der Waals surface area contributed by atoms with Crippen LogP contribution in [0.1, 0.15) is 27.9 Å². The summed E-state index contributed by atoms with van der Waals surface area (Å²) >= 11 is 1.50. The molecule has 0 amide bonds. The highest BCUT2D eigenvalue weighted by atomic mass is 32.2. The number of piperazine rings is 1. The molecule has 0 bridgehead atoms. The Bertz CT molecular complexity index is 1230. The molecule has 176 valence electrons. The number of hydrogen-bond donors (Lipinski definition) is 0. The van der Waals surface area contributed by atoms with Crippen LogP contribution in [0.25, 0.3) is 0 Å². The number of nitrogens with zero attached hydrogens (tertiary/aromatic N) is 3. The Hall–Kier alpha value is -2.43. The first-order valence-corrected chi connectivity index (χ1v) is 12.8. The molecule has 2 aromatic carbocycles. The standard InChI is InChI=1S/C23H24F3N3O2S2/c1-16-6-5-7-17(2)19(16)14-18-15-32-22(27-18)28-10-12-29(13-11-28)33(30,31)21-9-4-3-8-20(21)23(24,25)26/h3-9,15H,10-14H2,1-2H3. The van der Waals surface area contributed by atoms with Gasteiger partial charge in [0.25, 0.3) is 0 Å². The van der Waals surface area contributed by atoms with Crippen LogP contribution in [-0.2, 0) is 22.6 Å². The van der Waals surface area contributed by atoms with Gasteiger partial charge in [0.15, 0.2) is 5.13 Å². The number of benzene rings is 2. The number of alkyl halides is 3. The third kappa shape index (κ3) is 4.92. The molecule has 1 aliphatic rings. The monoisotopic (exact) mass is 495 g/mol. The molecule has 4 rings (SSSR count). The van der Waals surface area contributed by atoms with Gasteiger partial charge in [-0.2, -0.15) is 17.5 Å². The zero-order valence-corrected chi connectivity index (χ0v) is 19.9. The van der Waals surface area contributed by atoms with E-state index in [1.807, 2.05) is 16.3 Å². The zero-order valence-electron chi connectivity index (χ0n) is 18.3. The fourth-order valence-corrected chi connectivity index (χ4v) is 6.53. The lowest BCUT2D eigenvalue weighted by atomic mass is 9.99. The van der Waals surface area contributed by atoms with Crippen LogP contribution >= 0.6 is 11.3 Å². The van der Waals surface area contributed by atoms with Gasteiger partial charge in [0.2, 0.25) is 10.0 Å². The van der Waals surface area contributed by atoms with Gasteiger partial charge in [-0.3, -0.25) is 0 Å². The number of hydrogen-bond acceptors (Lipinski definition) is 5. The normalized spacial score (nSPS) is 15.7. The van der Waals surface area contributed by atoms with E-state index in [4.69, 9.17) is 4.98 Å². The fourth-order valence-electron chi connectivity index (χ4n) is 4.02. The van der Waals surface area contributed by atoms with Crippen molar-refractivity contribution in [3.05, 3.63) is 75.8 Å². The number of sulfonamides is 1. The third-order valence-electron chi connectivity index (χ3n) is 5.86. The molecule has 1 fully saturated rings. The van der Waals surface area contributed by atoms with Crippen molar-refractivity contribution in [2.24, 2.45) is 0 Å². The molecule has 1 saturated heterocycles. The molecule has 1 aromatic heterocycles. The van der Waals surface area contributed by atoms with E-state index in [0.29, 0.717) is 13.1 Å². The van der Waals surface area contributed by atoms with Crippen LogP contribution in [0.2, 0.25) is 0 Å². The highest BCUT2D eigenvalue weighted by molar-refractivity contribution is 7.89. The molecule has 10 heteroatoms. The lowest BCUT2D eigenvalue weighted by Gasteiger charge is -2.34. The maximum Gasteiger partial charge on any atom is 0.417 e. The van der Waals surface area contributed by atoms with Gasteiger partial charge in [-0.25, -0.2) is 13.4 Å². The summed E-state index contributed by atoms with van der Waals surface area (Å²) in [5.41, 5.74) is 3.48. The van der Waals surface area contributed by atoms with Crippen molar-refractivity contribution in [2.75, 3.05) is 31.1 Å². The molecule has 0 radical (unpaired) electrons. The van der Waals surface area contributed by atoms with E-state index in [0.717, 1.165) is 33.7 Å². The quantitative estimate of drug-likeness (QED) is 0.506. The zero-order chi connectivity index (χ0) is 23.8. The van der Waals surface area contributed by atoms with Crippen LogP contribution in [0.3, 0.4) is 0 Å². The fraction of sp³-hybridized carbons (Fsp3) is 0.348. The number of anilines is 1. The summed E-state index contributed by atoms with van der Waals surface area (Å²) in [5.74, 6) is 0. The average Bonchev–Trinajstić information content (AvgIpc) is 3.25. The molecular weight excluding hydrogens is 471 g/mol. The number of rotatable bonds is 5. The average molecular weight is 496 g/mol. The maximum atomic E-state index is 13.3. The largest absolute Gasteiger partial charge is 0.417 e. The van der Waals surface area contributed by atoms with Crippen molar-refractivity contribution < 1.29 is 21.6 Å². The molecule has 1 aliphatic heterocycles. The van der Waals surface area contributed by atoms with Crippen molar-refractivity contribution in [1.29, 1.82) is 0 Å². The van der Waals surface area contributed by atoms with Crippen LogP contribution < -0.4 is 4.90 Å². The highest BCUT2D eigenvalue weighted by Crippen LogP contribution is 2.35. The first-order chi connectivity index (χ1) is 15.6. The van der Waals surface area contributed by atoms with Crippen LogP contribution in [0, 0.1) is 13.8 Å². The summed E-state index contributed by atoms with van der Waals surface area (Å²) in [6, 6.07) is 10.5. The predicted molar refractivity (Wildman–Crippen MR) is 123 cm³/mol. The van der Waals surface area contributed by atoms with Gasteiger partial charge in [0, 0.05) is 38.0 Å². The number of thiazole rings is 1. The second kappa shape index (κ2) is 9.08. The molecular formula is C23H24F3N3O2S2. The van der Waals surface area contributed by atoms with Crippen molar-refractivity contribution in [3.8, 4) is 0 Å². The van der Waals surface area contributed by atoms with E-state index < -0.39 is 26.7 Å². The van der Waals surface area contributed by atoms with Gasteiger partial charge >= 0.3 is 6.18 Å². The minimum absolute atomic E-state index is 0.0976. The summed E-state index contributed by atoms with van der Waals surface area (Å²) in [6.45, 7) is 5.08. The Kier molecular flexibility index (Phi) is 6.52. The van der Waals surface area contributed by atoms with Crippen LogP contribution in [0.15, 0.2) is 52.7 Å². The molecule has 33 heavy (non-hydrogen) atoms. The van der Waals surface area contributed by atoms with E-state index in [2.05, 4.69) is 26.0 Å². The van der Waals surface area contributed by atoms with E-state index in [1.54, 1.807) is 0 Å². The van der Waals surface area contributed by atoms with E-state index in [9.17, 15) is 21.6 Å². The van der Waals surface area contributed by atoms with Gasteiger partial charge < -0.3 is 4.90 Å². The van der Waals surface area contributed by atoms with Crippen LogP contribution in [0.4, 0.5) is 18.3 Å². The van der Waals surface area contributed by atoms with Gasteiger partial charge in [-0.05, 0) is 42.7 Å². The van der Waals surface area contributed by atoms with E-state index in [-0.39, 0.29) is 13.1 Å². The van der Waals surface area contributed by atoms with Gasteiger partial charge in [0.05, 0.1) is 16.2 Å².